The fourth-order valence-corrected chi connectivity index (χ4v) is 1.99. The maximum absolute atomic E-state index is 4.29. The predicted molar refractivity (Wildman–Crippen MR) is 64.0 cm³/mol. The van der Waals surface area contributed by atoms with Gasteiger partial charge >= 0.3 is 0 Å². The molecule has 0 saturated heterocycles. The van der Waals surface area contributed by atoms with E-state index in [2.05, 4.69) is 22.7 Å². The van der Waals surface area contributed by atoms with E-state index >= 15 is 0 Å². The zero-order valence-electron chi connectivity index (χ0n) is 9.02. The minimum Gasteiger partial charge on any atom is -0.307 e. The molecule has 0 heterocycles. The first-order valence-corrected chi connectivity index (χ1v) is 5.79. The van der Waals surface area contributed by atoms with Crippen molar-refractivity contribution in [3.05, 3.63) is 35.9 Å². The molecule has 0 spiro atoms. The molecule has 1 aromatic rings. The summed E-state index contributed by atoms with van der Waals surface area (Å²) in [6, 6.07) is 10.8. The van der Waals surface area contributed by atoms with Crippen molar-refractivity contribution < 1.29 is 0 Å². The summed E-state index contributed by atoms with van der Waals surface area (Å²) in [6.07, 6.45) is 8.52. The molecule has 0 radical (unpaired) electrons. The number of benzene rings is 1. The third-order valence-corrected chi connectivity index (χ3v) is 2.88. The van der Waals surface area contributed by atoms with E-state index in [0.29, 0.717) is 6.04 Å². The molecule has 1 saturated carbocycles. The molecule has 2 heteroatoms. The number of nitrogens with zero attached hydrogens (tertiary/aromatic N) is 1. The normalized spacial score (nSPS) is 18.1. The maximum atomic E-state index is 4.29. The zero-order valence-corrected chi connectivity index (χ0v) is 9.02. The molecule has 2 nitrogen and oxygen atoms in total. The Kier molecular flexibility index (Phi) is 3.77. The highest BCUT2D eigenvalue weighted by atomic mass is 15.3. The summed E-state index contributed by atoms with van der Waals surface area (Å²) in [6.45, 7) is 0. The first-order valence-electron chi connectivity index (χ1n) is 5.79. The van der Waals surface area contributed by atoms with Crippen LogP contribution in [0.25, 0.3) is 0 Å². The van der Waals surface area contributed by atoms with Crippen molar-refractivity contribution in [3.8, 4) is 0 Å². The standard InChI is InChI=1S/C13H18N2/c1-3-7-12(8-4-1)11-14-15-13-9-5-2-6-10-13/h1,3-4,7-8,11,13,15H,2,5-6,9-10H2/b14-11+. The molecule has 1 fully saturated rings. The van der Waals surface area contributed by atoms with Gasteiger partial charge in [0.25, 0.3) is 0 Å². The van der Waals surface area contributed by atoms with Gasteiger partial charge in [-0.3, -0.25) is 0 Å². The van der Waals surface area contributed by atoms with Crippen LogP contribution in [-0.4, -0.2) is 12.3 Å². The fourth-order valence-electron chi connectivity index (χ4n) is 1.99. The van der Waals surface area contributed by atoms with E-state index in [-0.39, 0.29) is 0 Å². The van der Waals surface area contributed by atoms with Crippen molar-refractivity contribution in [2.24, 2.45) is 5.10 Å². The molecule has 0 bridgehead atoms. The third-order valence-electron chi connectivity index (χ3n) is 2.88. The third kappa shape index (κ3) is 3.39. The number of hydrogen-bond donors (Lipinski definition) is 1. The Morgan fingerprint density at radius 3 is 2.53 bits per heavy atom. The quantitative estimate of drug-likeness (QED) is 0.591. The minimum atomic E-state index is 0.596. The van der Waals surface area contributed by atoms with Crippen LogP contribution in [0.2, 0.25) is 0 Å². The van der Waals surface area contributed by atoms with Crippen molar-refractivity contribution >= 4 is 6.21 Å². The Morgan fingerprint density at radius 2 is 1.80 bits per heavy atom. The molecule has 1 aliphatic rings. The van der Waals surface area contributed by atoms with Gasteiger partial charge in [-0.05, 0) is 18.4 Å². The van der Waals surface area contributed by atoms with Crippen molar-refractivity contribution in [2.75, 3.05) is 0 Å². The van der Waals surface area contributed by atoms with Crippen LogP contribution in [0, 0.1) is 0 Å². The van der Waals surface area contributed by atoms with Gasteiger partial charge in [0.15, 0.2) is 0 Å². The molecule has 0 unspecified atom stereocenters. The Morgan fingerprint density at radius 1 is 1.07 bits per heavy atom. The Bertz CT molecular complexity index is 300. The average molecular weight is 202 g/mol. The van der Waals surface area contributed by atoms with Crippen molar-refractivity contribution in [1.82, 2.24) is 5.43 Å². The van der Waals surface area contributed by atoms with Gasteiger partial charge in [0.05, 0.1) is 6.21 Å². The highest BCUT2D eigenvalue weighted by Crippen LogP contribution is 2.17. The smallest absolute Gasteiger partial charge is 0.0540 e. The SMILES string of the molecule is C(=N\NC1CCCCC1)/c1ccccc1. The molecule has 1 aromatic carbocycles. The second-order valence-electron chi connectivity index (χ2n) is 4.13. The van der Waals surface area contributed by atoms with E-state index < -0.39 is 0 Å². The van der Waals surface area contributed by atoms with Crippen LogP contribution in [0.4, 0.5) is 0 Å². The van der Waals surface area contributed by atoms with Crippen LogP contribution in [0.3, 0.4) is 0 Å². The van der Waals surface area contributed by atoms with Gasteiger partial charge in [-0.1, -0.05) is 49.6 Å². The average Bonchev–Trinajstić information content (AvgIpc) is 2.32. The van der Waals surface area contributed by atoms with Gasteiger partial charge in [-0.2, -0.15) is 5.10 Å². The van der Waals surface area contributed by atoms with Gasteiger partial charge in [0.2, 0.25) is 0 Å². The van der Waals surface area contributed by atoms with E-state index in [1.807, 2.05) is 24.4 Å². The van der Waals surface area contributed by atoms with Gasteiger partial charge in [0, 0.05) is 6.04 Å². The molecule has 0 atom stereocenters. The molecule has 80 valence electrons. The van der Waals surface area contributed by atoms with Crippen LogP contribution in [0.15, 0.2) is 35.4 Å². The van der Waals surface area contributed by atoms with Crippen molar-refractivity contribution in [2.45, 2.75) is 38.1 Å². The molecule has 15 heavy (non-hydrogen) atoms. The summed E-state index contributed by atoms with van der Waals surface area (Å²) < 4.78 is 0. The Balaban J connectivity index is 1.79. The maximum Gasteiger partial charge on any atom is 0.0540 e. The lowest BCUT2D eigenvalue weighted by atomic mass is 9.96. The second-order valence-corrected chi connectivity index (χ2v) is 4.13. The monoisotopic (exact) mass is 202 g/mol. The largest absolute Gasteiger partial charge is 0.307 e. The fraction of sp³-hybridized carbons (Fsp3) is 0.462. The van der Waals surface area contributed by atoms with Gasteiger partial charge in [-0.25, -0.2) is 0 Å². The summed E-state index contributed by atoms with van der Waals surface area (Å²) in [7, 11) is 0. The molecule has 0 aliphatic heterocycles. The van der Waals surface area contributed by atoms with Crippen LogP contribution < -0.4 is 5.43 Å². The molecule has 0 aromatic heterocycles. The van der Waals surface area contributed by atoms with Crippen LogP contribution in [0.1, 0.15) is 37.7 Å². The molecule has 0 amide bonds. The molecular weight excluding hydrogens is 184 g/mol. The molecule has 1 aliphatic carbocycles. The first-order chi connectivity index (χ1) is 7.45. The Hall–Kier alpha value is -1.31. The highest BCUT2D eigenvalue weighted by molar-refractivity contribution is 5.79. The predicted octanol–water partition coefficient (Wildman–Crippen LogP) is 2.94. The lowest BCUT2D eigenvalue weighted by Gasteiger charge is -2.20. The van der Waals surface area contributed by atoms with Crippen molar-refractivity contribution in [1.29, 1.82) is 0 Å². The van der Waals surface area contributed by atoms with E-state index in [1.54, 1.807) is 0 Å². The number of hydrogen-bond acceptors (Lipinski definition) is 2. The lowest BCUT2D eigenvalue weighted by Crippen LogP contribution is -2.26. The zero-order chi connectivity index (χ0) is 10.3. The van der Waals surface area contributed by atoms with Gasteiger partial charge in [-0.15, -0.1) is 0 Å². The van der Waals surface area contributed by atoms with E-state index in [1.165, 1.54) is 32.1 Å². The first kappa shape index (κ1) is 10.2. The van der Waals surface area contributed by atoms with Crippen LogP contribution in [0.5, 0.6) is 0 Å². The second kappa shape index (κ2) is 5.54. The summed E-state index contributed by atoms with van der Waals surface area (Å²) in [4.78, 5) is 0. The van der Waals surface area contributed by atoms with Crippen molar-refractivity contribution in [3.63, 3.8) is 0 Å². The molecule has 2 rings (SSSR count). The topological polar surface area (TPSA) is 24.4 Å². The van der Waals surface area contributed by atoms with E-state index in [9.17, 15) is 0 Å². The molecule has 1 N–H and O–H groups in total. The number of rotatable bonds is 3. The summed E-state index contributed by atoms with van der Waals surface area (Å²) in [5.74, 6) is 0. The van der Waals surface area contributed by atoms with E-state index in [4.69, 9.17) is 0 Å². The summed E-state index contributed by atoms with van der Waals surface area (Å²) in [5.41, 5.74) is 4.39. The van der Waals surface area contributed by atoms with Gasteiger partial charge in [0.1, 0.15) is 0 Å². The van der Waals surface area contributed by atoms with Crippen LogP contribution >= 0.6 is 0 Å². The lowest BCUT2D eigenvalue weighted by molar-refractivity contribution is 0.381. The summed E-state index contributed by atoms with van der Waals surface area (Å²) >= 11 is 0. The number of nitrogens with one attached hydrogen (secondary N) is 1. The summed E-state index contributed by atoms with van der Waals surface area (Å²) in [5, 5.41) is 4.29. The Labute approximate surface area is 91.4 Å². The van der Waals surface area contributed by atoms with Gasteiger partial charge < -0.3 is 5.43 Å². The van der Waals surface area contributed by atoms with E-state index in [0.717, 1.165) is 5.56 Å². The van der Waals surface area contributed by atoms with Crippen LogP contribution in [-0.2, 0) is 0 Å². The number of hydrazone groups is 1. The minimum absolute atomic E-state index is 0.596. The highest BCUT2D eigenvalue weighted by Gasteiger charge is 2.11. The molecular formula is C13H18N2.